The van der Waals surface area contributed by atoms with Crippen LogP contribution in [0.1, 0.15) is 32.6 Å². The van der Waals surface area contributed by atoms with Crippen LogP contribution < -0.4 is 5.32 Å². The van der Waals surface area contributed by atoms with Gasteiger partial charge in [-0.3, -0.25) is 9.36 Å². The molecule has 156 valence electrons. The summed E-state index contributed by atoms with van der Waals surface area (Å²) in [6.07, 6.45) is 4.64. The van der Waals surface area contributed by atoms with E-state index in [0.29, 0.717) is 22.5 Å². The monoisotopic (exact) mass is 422 g/mol. The lowest BCUT2D eigenvalue weighted by atomic mass is 9.86. The van der Waals surface area contributed by atoms with Crippen LogP contribution >= 0.6 is 11.8 Å². The van der Waals surface area contributed by atoms with E-state index in [1.54, 1.807) is 12.1 Å². The van der Waals surface area contributed by atoms with Crippen molar-refractivity contribution in [2.45, 2.75) is 43.8 Å². The number of rotatable bonds is 6. The summed E-state index contributed by atoms with van der Waals surface area (Å²) in [5, 5.41) is 22.8. The Morgan fingerprint density at radius 2 is 1.83 bits per heavy atom. The van der Waals surface area contributed by atoms with Crippen LogP contribution in [0.3, 0.4) is 0 Å². The lowest BCUT2D eigenvalue weighted by Gasteiger charge is -2.29. The van der Waals surface area contributed by atoms with Gasteiger partial charge in [-0.15, -0.1) is 10.2 Å². The number of nitrogens with one attached hydrogen (secondary N) is 1. The molecule has 1 saturated carbocycles. The van der Waals surface area contributed by atoms with Crippen LogP contribution in [-0.2, 0) is 4.79 Å². The second-order valence-electron chi connectivity index (χ2n) is 7.72. The van der Waals surface area contributed by atoms with Crippen molar-refractivity contribution in [1.82, 2.24) is 20.1 Å². The molecular formula is C23H26N4O2S. The minimum absolute atomic E-state index is 0.0190. The van der Waals surface area contributed by atoms with Crippen LogP contribution in [0, 0.1) is 5.92 Å². The van der Waals surface area contributed by atoms with Gasteiger partial charge in [-0.25, -0.2) is 0 Å². The molecule has 0 spiro atoms. The number of thioether (sulfide) groups is 1. The molecule has 1 amide bonds. The summed E-state index contributed by atoms with van der Waals surface area (Å²) in [5.74, 6) is 1.50. The van der Waals surface area contributed by atoms with Crippen molar-refractivity contribution in [2.75, 3.05) is 5.75 Å². The molecule has 2 aromatic carbocycles. The van der Waals surface area contributed by atoms with Crippen molar-refractivity contribution in [1.29, 1.82) is 0 Å². The Hall–Kier alpha value is -2.80. The zero-order chi connectivity index (χ0) is 20.9. The molecule has 0 bridgehead atoms. The average molecular weight is 423 g/mol. The maximum Gasteiger partial charge on any atom is 0.230 e. The number of phenols is 1. The van der Waals surface area contributed by atoms with E-state index in [4.69, 9.17) is 0 Å². The molecule has 7 heteroatoms. The number of phenolic OH excluding ortho intramolecular Hbond substituents is 1. The quantitative estimate of drug-likeness (QED) is 0.575. The Morgan fingerprint density at radius 1 is 1.10 bits per heavy atom. The summed E-state index contributed by atoms with van der Waals surface area (Å²) in [5.41, 5.74) is 1.48. The lowest BCUT2D eigenvalue weighted by Crippen LogP contribution is -2.41. The average Bonchev–Trinajstić information content (AvgIpc) is 3.18. The maximum atomic E-state index is 12.6. The molecule has 1 aliphatic rings. The van der Waals surface area contributed by atoms with Gasteiger partial charge >= 0.3 is 0 Å². The maximum absolute atomic E-state index is 12.6. The van der Waals surface area contributed by atoms with Gasteiger partial charge in [0.2, 0.25) is 5.91 Å². The number of aromatic hydroxyl groups is 1. The first-order valence-electron chi connectivity index (χ1n) is 10.3. The molecule has 1 heterocycles. The van der Waals surface area contributed by atoms with Gasteiger partial charge in [0, 0.05) is 11.7 Å². The number of carbonyl (C=O) groups is 1. The van der Waals surface area contributed by atoms with Crippen LogP contribution in [0.5, 0.6) is 5.75 Å². The standard InChI is InChI=1S/C23H26N4O2S/c1-16-9-5-7-13-19(16)24-21(29)15-30-23-26-25-22(18-12-6-8-14-20(18)28)27(23)17-10-3-2-4-11-17/h2-4,6,8,10-12,14,16,19,28H,5,7,9,13,15H2,1H3,(H,24,29)/t16-,19+/m0/s1. The molecule has 30 heavy (non-hydrogen) atoms. The molecule has 0 saturated heterocycles. The zero-order valence-corrected chi connectivity index (χ0v) is 17.8. The van der Waals surface area contributed by atoms with Gasteiger partial charge in [0.25, 0.3) is 0 Å². The second-order valence-corrected chi connectivity index (χ2v) is 8.66. The highest BCUT2D eigenvalue weighted by Gasteiger charge is 2.24. The molecule has 2 N–H and O–H groups in total. The highest BCUT2D eigenvalue weighted by Crippen LogP contribution is 2.32. The first kappa shape index (κ1) is 20.5. The Balaban J connectivity index is 1.56. The highest BCUT2D eigenvalue weighted by atomic mass is 32.2. The van der Waals surface area contributed by atoms with Crippen molar-refractivity contribution in [3.63, 3.8) is 0 Å². The third-order valence-corrected chi connectivity index (χ3v) is 6.51. The van der Waals surface area contributed by atoms with Crippen molar-refractivity contribution in [3.05, 3.63) is 54.6 Å². The van der Waals surface area contributed by atoms with E-state index in [2.05, 4.69) is 22.4 Å². The van der Waals surface area contributed by atoms with Crippen LogP contribution in [0.2, 0.25) is 0 Å². The minimum atomic E-state index is 0.0190. The van der Waals surface area contributed by atoms with Crippen LogP contribution in [0.15, 0.2) is 59.8 Å². The topological polar surface area (TPSA) is 80.0 Å². The highest BCUT2D eigenvalue weighted by molar-refractivity contribution is 7.99. The van der Waals surface area contributed by atoms with E-state index < -0.39 is 0 Å². The molecular weight excluding hydrogens is 396 g/mol. The van der Waals surface area contributed by atoms with Crippen LogP contribution in [0.25, 0.3) is 17.1 Å². The Morgan fingerprint density at radius 3 is 2.60 bits per heavy atom. The molecule has 4 rings (SSSR count). The van der Waals surface area contributed by atoms with Gasteiger partial charge in [-0.05, 0) is 43.0 Å². The summed E-state index contributed by atoms with van der Waals surface area (Å²) in [6.45, 7) is 2.21. The van der Waals surface area contributed by atoms with Gasteiger partial charge < -0.3 is 10.4 Å². The SMILES string of the molecule is C[C@H]1CCCC[C@H]1NC(=O)CSc1nnc(-c2ccccc2O)n1-c1ccccc1. The minimum Gasteiger partial charge on any atom is -0.507 e. The summed E-state index contributed by atoms with van der Waals surface area (Å²) in [6, 6.07) is 17.1. The summed E-state index contributed by atoms with van der Waals surface area (Å²) in [4.78, 5) is 12.6. The van der Waals surface area contributed by atoms with Gasteiger partial charge in [0.15, 0.2) is 11.0 Å². The molecule has 0 aliphatic heterocycles. The Kier molecular flexibility index (Phi) is 6.38. The van der Waals surface area contributed by atoms with Crippen LogP contribution in [0.4, 0.5) is 0 Å². The smallest absolute Gasteiger partial charge is 0.230 e. The molecule has 1 fully saturated rings. The number of para-hydroxylation sites is 2. The second kappa shape index (κ2) is 9.34. The largest absolute Gasteiger partial charge is 0.507 e. The van der Waals surface area contributed by atoms with Gasteiger partial charge in [0.05, 0.1) is 11.3 Å². The van der Waals surface area contributed by atoms with Gasteiger partial charge in [-0.1, -0.05) is 61.9 Å². The van der Waals surface area contributed by atoms with E-state index in [0.717, 1.165) is 12.1 Å². The van der Waals surface area contributed by atoms with E-state index >= 15 is 0 Å². The third kappa shape index (κ3) is 4.51. The summed E-state index contributed by atoms with van der Waals surface area (Å²) in [7, 11) is 0. The first-order valence-corrected chi connectivity index (χ1v) is 11.3. The molecule has 0 unspecified atom stereocenters. The molecule has 1 aliphatic carbocycles. The lowest BCUT2D eigenvalue weighted by molar-refractivity contribution is -0.119. The summed E-state index contributed by atoms with van der Waals surface area (Å²) < 4.78 is 1.89. The normalized spacial score (nSPS) is 18.8. The van der Waals surface area contributed by atoms with Crippen molar-refractivity contribution in [2.24, 2.45) is 5.92 Å². The number of carbonyl (C=O) groups excluding carboxylic acids is 1. The predicted molar refractivity (Wildman–Crippen MR) is 119 cm³/mol. The molecule has 0 radical (unpaired) electrons. The van der Waals surface area contributed by atoms with Crippen molar-refractivity contribution in [3.8, 4) is 22.8 Å². The fourth-order valence-electron chi connectivity index (χ4n) is 3.92. The fourth-order valence-corrected chi connectivity index (χ4v) is 4.68. The third-order valence-electron chi connectivity index (χ3n) is 5.58. The number of nitrogens with zero attached hydrogens (tertiary/aromatic N) is 3. The van der Waals surface area contributed by atoms with E-state index in [9.17, 15) is 9.90 Å². The van der Waals surface area contributed by atoms with E-state index in [-0.39, 0.29) is 23.5 Å². The first-order chi connectivity index (χ1) is 14.6. The number of amides is 1. The fraction of sp³-hybridized carbons (Fsp3) is 0.348. The predicted octanol–water partition coefficient (Wildman–Crippen LogP) is 4.43. The zero-order valence-electron chi connectivity index (χ0n) is 17.0. The van der Waals surface area contributed by atoms with Gasteiger partial charge in [-0.2, -0.15) is 0 Å². The molecule has 6 nitrogen and oxygen atoms in total. The number of hydrogen-bond acceptors (Lipinski definition) is 5. The Labute approximate surface area is 180 Å². The van der Waals surface area contributed by atoms with Gasteiger partial charge in [0.1, 0.15) is 5.75 Å². The molecule has 3 aromatic rings. The number of hydrogen-bond donors (Lipinski definition) is 2. The molecule has 1 aromatic heterocycles. The number of aromatic nitrogens is 3. The van der Waals surface area contributed by atoms with E-state index in [1.807, 2.05) is 47.0 Å². The number of benzene rings is 2. The van der Waals surface area contributed by atoms with Crippen molar-refractivity contribution < 1.29 is 9.90 Å². The molecule has 2 atom stereocenters. The summed E-state index contributed by atoms with van der Waals surface area (Å²) >= 11 is 1.36. The van der Waals surface area contributed by atoms with Crippen LogP contribution in [-0.4, -0.2) is 37.6 Å². The Bertz CT molecular complexity index is 1010. The van der Waals surface area contributed by atoms with Crippen molar-refractivity contribution >= 4 is 17.7 Å². The van der Waals surface area contributed by atoms with E-state index in [1.165, 1.54) is 31.0 Å².